The van der Waals surface area contributed by atoms with Crippen molar-refractivity contribution in [2.75, 3.05) is 25.6 Å². The van der Waals surface area contributed by atoms with Crippen LogP contribution in [0.3, 0.4) is 0 Å². The summed E-state index contributed by atoms with van der Waals surface area (Å²) in [6.07, 6.45) is 2.72. The van der Waals surface area contributed by atoms with Gasteiger partial charge in [0.1, 0.15) is 5.75 Å². The molecule has 1 N–H and O–H groups in total. The molecule has 1 saturated heterocycles. The van der Waals surface area contributed by atoms with E-state index in [1.807, 2.05) is 30.3 Å². The number of nitrogens with one attached hydrogen (secondary N) is 1. The van der Waals surface area contributed by atoms with E-state index in [-0.39, 0.29) is 24.5 Å². The monoisotopic (exact) mass is 338 g/mol. The van der Waals surface area contributed by atoms with Gasteiger partial charge in [0, 0.05) is 31.4 Å². The SMILES string of the molecule is O=C(CCCCl)NC1CCN(C(=O)COc2ccccc2)CC1. The number of hydrogen-bond acceptors (Lipinski definition) is 3. The Bertz CT molecular complexity index is 502. The first-order valence-corrected chi connectivity index (χ1v) is 8.53. The molecule has 0 radical (unpaired) electrons. The van der Waals surface area contributed by atoms with Gasteiger partial charge in [-0.25, -0.2) is 0 Å². The first-order valence-electron chi connectivity index (χ1n) is 8.00. The number of carbonyl (C=O) groups excluding carboxylic acids is 2. The predicted octanol–water partition coefficient (Wildman–Crippen LogP) is 2.19. The van der Waals surface area contributed by atoms with Gasteiger partial charge in [-0.1, -0.05) is 18.2 Å². The predicted molar refractivity (Wildman–Crippen MR) is 89.6 cm³/mol. The molecule has 1 aliphatic rings. The molecule has 23 heavy (non-hydrogen) atoms. The molecule has 0 atom stereocenters. The van der Waals surface area contributed by atoms with Gasteiger partial charge in [0.25, 0.3) is 5.91 Å². The molecule has 0 spiro atoms. The van der Waals surface area contributed by atoms with E-state index in [1.54, 1.807) is 4.90 Å². The maximum atomic E-state index is 12.1. The normalized spacial score (nSPS) is 15.3. The van der Waals surface area contributed by atoms with Crippen LogP contribution in [-0.2, 0) is 9.59 Å². The summed E-state index contributed by atoms with van der Waals surface area (Å²) >= 11 is 5.58. The van der Waals surface area contributed by atoms with Crippen LogP contribution in [0.25, 0.3) is 0 Å². The van der Waals surface area contributed by atoms with Crippen molar-refractivity contribution in [2.45, 2.75) is 31.7 Å². The van der Waals surface area contributed by atoms with Crippen LogP contribution >= 0.6 is 11.6 Å². The zero-order valence-electron chi connectivity index (χ0n) is 13.2. The second-order valence-corrected chi connectivity index (χ2v) is 5.99. The molecule has 1 aromatic rings. The van der Waals surface area contributed by atoms with E-state index >= 15 is 0 Å². The van der Waals surface area contributed by atoms with Crippen molar-refractivity contribution in [2.24, 2.45) is 0 Å². The third-order valence-electron chi connectivity index (χ3n) is 3.86. The summed E-state index contributed by atoms with van der Waals surface area (Å²) in [5.74, 6) is 1.23. The fraction of sp³-hybridized carbons (Fsp3) is 0.529. The molecule has 0 unspecified atom stereocenters. The number of likely N-dealkylation sites (tertiary alicyclic amines) is 1. The smallest absolute Gasteiger partial charge is 0.260 e. The molecule has 5 nitrogen and oxygen atoms in total. The fourth-order valence-electron chi connectivity index (χ4n) is 2.55. The first kappa shape index (κ1) is 17.6. The molecule has 1 aliphatic heterocycles. The van der Waals surface area contributed by atoms with E-state index in [0.717, 1.165) is 12.8 Å². The van der Waals surface area contributed by atoms with Gasteiger partial charge >= 0.3 is 0 Å². The zero-order valence-corrected chi connectivity index (χ0v) is 13.9. The summed E-state index contributed by atoms with van der Waals surface area (Å²) in [6.45, 7) is 1.35. The number of benzene rings is 1. The minimum Gasteiger partial charge on any atom is -0.484 e. The maximum absolute atomic E-state index is 12.1. The summed E-state index contributed by atoms with van der Waals surface area (Å²) in [5.41, 5.74) is 0. The Balaban J connectivity index is 1.67. The van der Waals surface area contributed by atoms with Crippen molar-refractivity contribution in [3.05, 3.63) is 30.3 Å². The van der Waals surface area contributed by atoms with Gasteiger partial charge in [0.15, 0.2) is 6.61 Å². The molecule has 0 aliphatic carbocycles. The van der Waals surface area contributed by atoms with Gasteiger partial charge in [-0.3, -0.25) is 9.59 Å². The first-order chi connectivity index (χ1) is 11.2. The molecular weight excluding hydrogens is 316 g/mol. The third kappa shape index (κ3) is 6.10. The molecule has 0 bridgehead atoms. The molecule has 0 saturated carbocycles. The Morgan fingerprint density at radius 2 is 1.91 bits per heavy atom. The third-order valence-corrected chi connectivity index (χ3v) is 4.12. The Labute approximate surface area is 141 Å². The van der Waals surface area contributed by atoms with Crippen molar-refractivity contribution in [1.29, 1.82) is 0 Å². The summed E-state index contributed by atoms with van der Waals surface area (Å²) < 4.78 is 5.48. The largest absolute Gasteiger partial charge is 0.484 e. The number of rotatable bonds is 7. The van der Waals surface area contributed by atoms with E-state index < -0.39 is 0 Å². The van der Waals surface area contributed by atoms with E-state index in [4.69, 9.17) is 16.3 Å². The second kappa shape index (κ2) is 9.40. The number of halogens is 1. The van der Waals surface area contributed by atoms with Crippen LogP contribution in [0.4, 0.5) is 0 Å². The molecule has 2 amide bonds. The Morgan fingerprint density at radius 1 is 1.22 bits per heavy atom. The summed E-state index contributed by atoms with van der Waals surface area (Å²) in [5, 5.41) is 3.00. The van der Waals surface area contributed by atoms with Crippen molar-refractivity contribution >= 4 is 23.4 Å². The number of alkyl halides is 1. The summed E-state index contributed by atoms with van der Waals surface area (Å²) in [7, 11) is 0. The number of amides is 2. The Hall–Kier alpha value is -1.75. The lowest BCUT2D eigenvalue weighted by atomic mass is 10.0. The fourth-order valence-corrected chi connectivity index (χ4v) is 2.69. The topological polar surface area (TPSA) is 58.6 Å². The van der Waals surface area contributed by atoms with Crippen molar-refractivity contribution in [3.8, 4) is 5.75 Å². The van der Waals surface area contributed by atoms with Crippen LogP contribution < -0.4 is 10.1 Å². The van der Waals surface area contributed by atoms with E-state index in [0.29, 0.717) is 37.6 Å². The van der Waals surface area contributed by atoms with Gasteiger partial charge in [0.2, 0.25) is 5.91 Å². The van der Waals surface area contributed by atoms with Crippen LogP contribution in [0.1, 0.15) is 25.7 Å². The number of nitrogens with zero attached hydrogens (tertiary/aromatic N) is 1. The lowest BCUT2D eigenvalue weighted by Crippen LogP contribution is -2.47. The molecular formula is C17H23ClN2O3. The standard InChI is InChI=1S/C17H23ClN2O3/c18-10-4-7-16(21)19-14-8-11-20(12-9-14)17(22)13-23-15-5-2-1-3-6-15/h1-3,5-6,14H,4,7-13H2,(H,19,21). The van der Waals surface area contributed by atoms with Gasteiger partial charge in [-0.2, -0.15) is 0 Å². The van der Waals surface area contributed by atoms with Gasteiger partial charge in [-0.15, -0.1) is 11.6 Å². The molecule has 1 heterocycles. The molecule has 1 fully saturated rings. The average molecular weight is 339 g/mol. The molecule has 0 aromatic heterocycles. The minimum atomic E-state index is -0.0132. The highest BCUT2D eigenvalue weighted by Gasteiger charge is 2.23. The highest BCUT2D eigenvalue weighted by Crippen LogP contribution is 2.13. The zero-order chi connectivity index (χ0) is 16.5. The number of para-hydroxylation sites is 1. The number of ether oxygens (including phenoxy) is 1. The Kier molecular flexibility index (Phi) is 7.20. The summed E-state index contributed by atoms with van der Waals surface area (Å²) in [4.78, 5) is 25.6. The van der Waals surface area contributed by atoms with Crippen LogP contribution in [0.2, 0.25) is 0 Å². The number of hydrogen-bond donors (Lipinski definition) is 1. The highest BCUT2D eigenvalue weighted by atomic mass is 35.5. The number of piperidine rings is 1. The van der Waals surface area contributed by atoms with Crippen molar-refractivity contribution < 1.29 is 14.3 Å². The van der Waals surface area contributed by atoms with Gasteiger partial charge in [0.05, 0.1) is 0 Å². The van der Waals surface area contributed by atoms with Crippen LogP contribution in [0.15, 0.2) is 30.3 Å². The number of carbonyl (C=O) groups is 2. The van der Waals surface area contributed by atoms with Crippen LogP contribution in [0, 0.1) is 0 Å². The Morgan fingerprint density at radius 3 is 2.57 bits per heavy atom. The van der Waals surface area contributed by atoms with Gasteiger partial charge in [-0.05, 0) is 31.4 Å². The van der Waals surface area contributed by atoms with Crippen LogP contribution in [0.5, 0.6) is 5.75 Å². The maximum Gasteiger partial charge on any atom is 0.260 e. The molecule has 2 rings (SSSR count). The molecule has 126 valence electrons. The lowest BCUT2D eigenvalue weighted by Gasteiger charge is -2.32. The molecule has 1 aromatic carbocycles. The van der Waals surface area contributed by atoms with Gasteiger partial charge < -0.3 is 15.0 Å². The average Bonchev–Trinajstić information content (AvgIpc) is 2.59. The van der Waals surface area contributed by atoms with Crippen molar-refractivity contribution in [3.63, 3.8) is 0 Å². The van der Waals surface area contributed by atoms with E-state index in [2.05, 4.69) is 5.32 Å². The quantitative estimate of drug-likeness (QED) is 0.775. The highest BCUT2D eigenvalue weighted by molar-refractivity contribution is 6.17. The van der Waals surface area contributed by atoms with E-state index in [1.165, 1.54) is 0 Å². The van der Waals surface area contributed by atoms with Crippen LogP contribution in [-0.4, -0.2) is 48.3 Å². The molecule has 6 heteroatoms. The lowest BCUT2D eigenvalue weighted by molar-refractivity contribution is -0.134. The minimum absolute atomic E-state index is 0.0132. The van der Waals surface area contributed by atoms with Crippen molar-refractivity contribution in [1.82, 2.24) is 10.2 Å². The second-order valence-electron chi connectivity index (χ2n) is 5.62. The van der Waals surface area contributed by atoms with E-state index in [9.17, 15) is 9.59 Å². The summed E-state index contributed by atoms with van der Waals surface area (Å²) in [6, 6.07) is 9.46.